The third-order valence-electron chi connectivity index (χ3n) is 3.83. The summed E-state index contributed by atoms with van der Waals surface area (Å²) in [5, 5.41) is 0.764. The van der Waals surface area contributed by atoms with Gasteiger partial charge in [-0.2, -0.15) is 0 Å². The van der Waals surface area contributed by atoms with Gasteiger partial charge in [-0.25, -0.2) is 0 Å². The maximum absolute atomic E-state index is 12.4. The number of nitrogens with zero attached hydrogens (tertiary/aromatic N) is 2. The van der Waals surface area contributed by atoms with Crippen LogP contribution in [0, 0.1) is 0 Å². The van der Waals surface area contributed by atoms with Crippen molar-refractivity contribution >= 4 is 40.7 Å². The highest BCUT2D eigenvalue weighted by molar-refractivity contribution is 6.39. The molecule has 0 atom stereocenters. The van der Waals surface area contributed by atoms with E-state index in [4.69, 9.17) is 23.2 Å². The van der Waals surface area contributed by atoms with Crippen molar-refractivity contribution in [2.24, 2.45) is 0 Å². The molecule has 2 aromatic carbocycles. The predicted octanol–water partition coefficient (Wildman–Crippen LogP) is 4.40. The van der Waals surface area contributed by atoms with E-state index < -0.39 is 0 Å². The smallest absolute Gasteiger partial charge is 0.224 e. The van der Waals surface area contributed by atoms with E-state index in [-0.39, 0.29) is 24.8 Å². The first kappa shape index (κ1) is 19.3. The minimum atomic E-state index is -0.214. The minimum absolute atomic E-state index is 0.0571. The van der Waals surface area contributed by atoms with Crippen molar-refractivity contribution < 1.29 is 9.59 Å². The Morgan fingerprint density at radius 2 is 1.56 bits per heavy atom. The Balaban J connectivity index is 2.04. The second-order valence-electron chi connectivity index (χ2n) is 5.73. The van der Waals surface area contributed by atoms with E-state index >= 15 is 0 Å². The topological polar surface area (TPSA) is 40.6 Å². The van der Waals surface area contributed by atoms with E-state index in [2.05, 4.69) is 0 Å². The zero-order valence-corrected chi connectivity index (χ0v) is 15.7. The van der Waals surface area contributed by atoms with Gasteiger partial charge in [0.15, 0.2) is 0 Å². The summed E-state index contributed by atoms with van der Waals surface area (Å²) < 4.78 is 0. The monoisotopic (exact) mass is 378 g/mol. The fourth-order valence-corrected chi connectivity index (χ4v) is 3.12. The molecule has 0 fully saturated rings. The molecule has 0 aliphatic heterocycles. The van der Waals surface area contributed by atoms with E-state index in [1.165, 1.54) is 11.8 Å². The van der Waals surface area contributed by atoms with Gasteiger partial charge in [-0.15, -0.1) is 0 Å². The second-order valence-corrected chi connectivity index (χ2v) is 6.54. The summed E-state index contributed by atoms with van der Waals surface area (Å²) in [5.74, 6) is -0.271. The molecular formula is C19H20Cl2N2O2. The number of anilines is 1. The maximum atomic E-state index is 12.4. The van der Waals surface area contributed by atoms with Gasteiger partial charge >= 0.3 is 0 Å². The van der Waals surface area contributed by atoms with E-state index in [1.54, 1.807) is 30.1 Å². The minimum Gasteiger partial charge on any atom is -0.341 e. The van der Waals surface area contributed by atoms with Gasteiger partial charge in [0, 0.05) is 33.5 Å². The van der Waals surface area contributed by atoms with Gasteiger partial charge in [-0.3, -0.25) is 9.59 Å². The van der Waals surface area contributed by atoms with Crippen molar-refractivity contribution in [3.8, 4) is 0 Å². The third-order valence-corrected chi connectivity index (χ3v) is 4.44. The van der Waals surface area contributed by atoms with Crippen LogP contribution in [0.5, 0.6) is 0 Å². The number of hydrogen-bond donors (Lipinski definition) is 0. The Morgan fingerprint density at radius 3 is 2.12 bits per heavy atom. The van der Waals surface area contributed by atoms with Crippen LogP contribution >= 0.6 is 23.2 Å². The van der Waals surface area contributed by atoms with Gasteiger partial charge in [0.05, 0.1) is 15.7 Å². The first-order chi connectivity index (χ1) is 11.9. The molecule has 132 valence electrons. The first-order valence-electron chi connectivity index (χ1n) is 7.90. The molecule has 0 aliphatic rings. The molecular weight excluding hydrogens is 359 g/mol. The molecule has 0 spiro atoms. The van der Waals surface area contributed by atoms with Gasteiger partial charge in [0.25, 0.3) is 0 Å². The molecule has 0 bridgehead atoms. The summed E-state index contributed by atoms with van der Waals surface area (Å²) in [4.78, 5) is 27.5. The van der Waals surface area contributed by atoms with Crippen LogP contribution in [0.1, 0.15) is 18.9 Å². The Hall–Kier alpha value is -2.04. The van der Waals surface area contributed by atoms with Crippen molar-refractivity contribution in [1.82, 2.24) is 4.90 Å². The SMILES string of the molecule is CC(=O)N(CCC(=O)N(C)Cc1ccccc1)c1c(Cl)cccc1Cl. The second kappa shape index (κ2) is 8.88. The van der Waals surface area contributed by atoms with Gasteiger partial charge in [0.2, 0.25) is 11.8 Å². The lowest BCUT2D eigenvalue weighted by Crippen LogP contribution is -2.34. The van der Waals surface area contributed by atoms with E-state index in [9.17, 15) is 9.59 Å². The Kier molecular flexibility index (Phi) is 6.85. The highest BCUT2D eigenvalue weighted by Crippen LogP contribution is 2.33. The van der Waals surface area contributed by atoms with Crippen molar-refractivity contribution in [2.45, 2.75) is 19.9 Å². The largest absolute Gasteiger partial charge is 0.341 e. The normalized spacial score (nSPS) is 10.4. The van der Waals surface area contributed by atoms with Crippen LogP contribution in [0.3, 0.4) is 0 Å². The number of rotatable bonds is 6. The molecule has 0 N–H and O–H groups in total. The predicted molar refractivity (Wildman–Crippen MR) is 102 cm³/mol. The summed E-state index contributed by atoms with van der Waals surface area (Å²) in [6.45, 7) is 2.17. The fourth-order valence-electron chi connectivity index (χ4n) is 2.52. The molecule has 6 heteroatoms. The van der Waals surface area contributed by atoms with Crippen LogP contribution in [0.25, 0.3) is 0 Å². The van der Waals surface area contributed by atoms with Gasteiger partial charge < -0.3 is 9.80 Å². The zero-order chi connectivity index (χ0) is 18.4. The van der Waals surface area contributed by atoms with Gasteiger partial charge in [0.1, 0.15) is 0 Å². The molecule has 0 heterocycles. The van der Waals surface area contributed by atoms with Crippen LogP contribution in [0.15, 0.2) is 48.5 Å². The summed E-state index contributed by atoms with van der Waals surface area (Å²) in [6.07, 6.45) is 0.185. The highest BCUT2D eigenvalue weighted by Gasteiger charge is 2.20. The van der Waals surface area contributed by atoms with Crippen molar-refractivity contribution in [3.63, 3.8) is 0 Å². The molecule has 4 nitrogen and oxygen atoms in total. The fraction of sp³-hybridized carbons (Fsp3) is 0.263. The quantitative estimate of drug-likeness (QED) is 0.747. The van der Waals surface area contributed by atoms with Crippen LogP contribution in [-0.4, -0.2) is 30.3 Å². The molecule has 0 aliphatic carbocycles. The number of halogens is 2. The number of amides is 2. The summed E-state index contributed by atoms with van der Waals surface area (Å²) in [7, 11) is 1.75. The molecule has 0 unspecified atom stereocenters. The average molecular weight is 379 g/mol. The molecule has 0 aromatic heterocycles. The lowest BCUT2D eigenvalue weighted by Gasteiger charge is -2.25. The molecule has 2 rings (SSSR count). The molecule has 25 heavy (non-hydrogen) atoms. The summed E-state index contributed by atoms with van der Waals surface area (Å²) in [5.41, 5.74) is 1.49. The molecule has 2 aromatic rings. The molecule has 2 amide bonds. The zero-order valence-electron chi connectivity index (χ0n) is 14.2. The maximum Gasteiger partial charge on any atom is 0.224 e. The molecule has 0 radical (unpaired) electrons. The standard InChI is InChI=1S/C19H20Cl2N2O2/c1-14(24)23(19-16(20)9-6-10-17(19)21)12-11-18(25)22(2)13-15-7-4-3-5-8-15/h3-10H,11-13H2,1-2H3. The lowest BCUT2D eigenvalue weighted by atomic mass is 10.2. The van der Waals surface area contributed by atoms with Gasteiger partial charge in [-0.05, 0) is 17.7 Å². The van der Waals surface area contributed by atoms with Crippen LogP contribution in [0.4, 0.5) is 5.69 Å². The molecule has 0 saturated heterocycles. The van der Waals surface area contributed by atoms with Gasteiger partial charge in [-0.1, -0.05) is 59.6 Å². The average Bonchev–Trinajstić information content (AvgIpc) is 2.57. The number of hydrogen-bond acceptors (Lipinski definition) is 2. The van der Waals surface area contributed by atoms with Crippen LogP contribution in [-0.2, 0) is 16.1 Å². The Labute approximate surface area is 157 Å². The third kappa shape index (κ3) is 5.21. The number of carbonyl (C=O) groups is 2. The van der Waals surface area contributed by atoms with Crippen LogP contribution < -0.4 is 4.90 Å². The van der Waals surface area contributed by atoms with Crippen LogP contribution in [0.2, 0.25) is 10.0 Å². The first-order valence-corrected chi connectivity index (χ1v) is 8.65. The van der Waals surface area contributed by atoms with Crippen molar-refractivity contribution in [2.75, 3.05) is 18.5 Å². The number of para-hydroxylation sites is 1. The number of carbonyl (C=O) groups excluding carboxylic acids is 2. The Bertz CT molecular complexity index is 730. The lowest BCUT2D eigenvalue weighted by molar-refractivity contribution is -0.130. The van der Waals surface area contributed by atoms with E-state index in [1.807, 2.05) is 30.3 Å². The Morgan fingerprint density at radius 1 is 0.960 bits per heavy atom. The summed E-state index contributed by atoms with van der Waals surface area (Å²) >= 11 is 12.4. The summed E-state index contributed by atoms with van der Waals surface area (Å²) in [6, 6.07) is 14.8. The van der Waals surface area contributed by atoms with Crippen molar-refractivity contribution in [1.29, 1.82) is 0 Å². The van der Waals surface area contributed by atoms with E-state index in [0.717, 1.165) is 5.56 Å². The number of benzene rings is 2. The van der Waals surface area contributed by atoms with Crippen molar-refractivity contribution in [3.05, 3.63) is 64.1 Å². The molecule has 0 saturated carbocycles. The van der Waals surface area contributed by atoms with E-state index in [0.29, 0.717) is 22.3 Å². The highest BCUT2D eigenvalue weighted by atomic mass is 35.5.